The van der Waals surface area contributed by atoms with Crippen LogP contribution in [0.15, 0.2) is 52.9 Å². The zero-order chi connectivity index (χ0) is 17.5. The molecule has 6 nitrogen and oxygen atoms in total. The Morgan fingerprint density at radius 2 is 2.12 bits per heavy atom. The minimum atomic E-state index is -0.776. The molecule has 6 heteroatoms. The van der Waals surface area contributed by atoms with Crippen LogP contribution in [-0.2, 0) is 4.79 Å². The first-order valence-electron chi connectivity index (χ1n) is 7.81. The number of carbonyl (C=O) groups is 2. The fourth-order valence-corrected chi connectivity index (χ4v) is 2.28. The Balaban J connectivity index is 2.26. The summed E-state index contributed by atoms with van der Waals surface area (Å²) in [5, 5.41) is 3.92. The Morgan fingerprint density at radius 1 is 1.42 bits per heavy atom. The van der Waals surface area contributed by atoms with Gasteiger partial charge in [0.05, 0.1) is 5.57 Å². The van der Waals surface area contributed by atoms with Gasteiger partial charge in [0, 0.05) is 6.42 Å². The third kappa shape index (κ3) is 4.32. The summed E-state index contributed by atoms with van der Waals surface area (Å²) in [5.41, 5.74) is 9.22. The Bertz CT molecular complexity index is 703. The molecule has 0 saturated heterocycles. The second kappa shape index (κ2) is 8.10. The minimum Gasteiger partial charge on any atom is -0.455 e. The van der Waals surface area contributed by atoms with E-state index in [1.807, 2.05) is 24.3 Å². The Hall–Kier alpha value is -2.89. The molecule has 0 fully saturated rings. The maximum absolute atomic E-state index is 11.3. The van der Waals surface area contributed by atoms with Gasteiger partial charge in [0.15, 0.2) is 12.0 Å². The van der Waals surface area contributed by atoms with Gasteiger partial charge in [-0.2, -0.15) is 5.10 Å². The van der Waals surface area contributed by atoms with E-state index in [9.17, 15) is 9.59 Å². The van der Waals surface area contributed by atoms with Gasteiger partial charge in [-0.1, -0.05) is 38.1 Å². The molecule has 1 aliphatic carbocycles. The molecule has 24 heavy (non-hydrogen) atoms. The molecule has 1 aliphatic rings. The number of amides is 2. The summed E-state index contributed by atoms with van der Waals surface area (Å²) < 4.78 is 5.85. The number of ether oxygens (including phenoxy) is 1. The molecule has 3 N–H and O–H groups in total. The molecule has 1 unspecified atom stereocenters. The van der Waals surface area contributed by atoms with Crippen molar-refractivity contribution < 1.29 is 14.3 Å². The zero-order valence-corrected chi connectivity index (χ0v) is 13.8. The lowest BCUT2D eigenvalue weighted by atomic mass is 9.99. The van der Waals surface area contributed by atoms with Crippen LogP contribution >= 0.6 is 0 Å². The van der Waals surface area contributed by atoms with Crippen molar-refractivity contribution in [3.8, 4) is 5.75 Å². The average Bonchev–Trinajstić information content (AvgIpc) is 2.60. The van der Waals surface area contributed by atoms with E-state index in [0.29, 0.717) is 41.4 Å². The monoisotopic (exact) mass is 327 g/mol. The fourth-order valence-electron chi connectivity index (χ4n) is 2.28. The highest BCUT2D eigenvalue weighted by molar-refractivity contribution is 6.06. The predicted molar refractivity (Wildman–Crippen MR) is 92.8 cm³/mol. The number of urea groups is 1. The molecular formula is C18H21N3O3. The summed E-state index contributed by atoms with van der Waals surface area (Å²) in [6.45, 7) is 4.30. The van der Waals surface area contributed by atoms with Crippen molar-refractivity contribution in [2.45, 2.75) is 32.6 Å². The largest absolute Gasteiger partial charge is 0.455 e. The first-order chi connectivity index (χ1) is 11.5. The molecule has 126 valence electrons. The van der Waals surface area contributed by atoms with Crippen LogP contribution in [0.25, 0.3) is 0 Å². The Morgan fingerprint density at radius 3 is 2.71 bits per heavy atom. The second-order valence-corrected chi connectivity index (χ2v) is 5.52. The summed E-state index contributed by atoms with van der Waals surface area (Å²) in [6.07, 6.45) is 5.61. The lowest BCUT2D eigenvalue weighted by Crippen LogP contribution is -2.27. The van der Waals surface area contributed by atoms with Crippen LogP contribution in [0.4, 0.5) is 4.79 Å². The molecule has 0 bridgehead atoms. The van der Waals surface area contributed by atoms with E-state index in [-0.39, 0.29) is 0 Å². The summed E-state index contributed by atoms with van der Waals surface area (Å²) in [5.74, 6) is 1.38. The van der Waals surface area contributed by atoms with Crippen LogP contribution in [0, 0.1) is 0 Å². The van der Waals surface area contributed by atoms with Crippen LogP contribution in [-0.4, -0.2) is 18.0 Å². The molecular weight excluding hydrogens is 306 g/mol. The molecule has 2 amide bonds. The number of carbonyl (C=O) groups excluding carboxylic acids is 2. The molecule has 1 aromatic carbocycles. The highest BCUT2D eigenvalue weighted by Gasteiger charge is 2.18. The maximum Gasteiger partial charge on any atom is 0.332 e. The van der Waals surface area contributed by atoms with E-state index < -0.39 is 6.03 Å². The predicted octanol–water partition coefficient (Wildman–Crippen LogP) is 3.02. The minimum absolute atomic E-state index is 0.317. The maximum atomic E-state index is 11.3. The van der Waals surface area contributed by atoms with Gasteiger partial charge in [0.25, 0.3) is 0 Å². The van der Waals surface area contributed by atoms with Gasteiger partial charge < -0.3 is 10.5 Å². The number of hydrazone groups is 1. The normalized spacial score (nSPS) is 16.8. The standard InChI is InChI=1S/C18H21N3O3/c1-3-12(2)13-7-9-15(10-8-13)24-17-14(11-22)5-4-6-16(17)20-21-18(19)23/h4-5,7-12H,3,6H2,1-2H3,(H3,19,21,23). The van der Waals surface area contributed by atoms with Crippen LogP contribution in [0.1, 0.15) is 38.2 Å². The number of nitrogens with one attached hydrogen (secondary N) is 1. The number of rotatable bonds is 6. The molecule has 2 rings (SSSR count). The summed E-state index contributed by atoms with van der Waals surface area (Å²) in [4.78, 5) is 22.1. The number of hydrogen-bond acceptors (Lipinski definition) is 4. The quantitative estimate of drug-likeness (QED) is 0.621. The molecule has 0 aliphatic heterocycles. The summed E-state index contributed by atoms with van der Waals surface area (Å²) in [6, 6.07) is 6.94. The lowest BCUT2D eigenvalue weighted by Gasteiger charge is -2.17. The topological polar surface area (TPSA) is 93.8 Å². The third-order valence-corrected chi connectivity index (χ3v) is 3.84. The molecule has 0 aromatic heterocycles. The van der Waals surface area contributed by atoms with Crippen molar-refractivity contribution in [1.82, 2.24) is 5.43 Å². The van der Waals surface area contributed by atoms with Crippen LogP contribution in [0.5, 0.6) is 5.75 Å². The van der Waals surface area contributed by atoms with Crippen LogP contribution in [0.3, 0.4) is 0 Å². The Labute approximate surface area is 141 Å². The highest BCUT2D eigenvalue weighted by Crippen LogP contribution is 2.25. The van der Waals surface area contributed by atoms with E-state index in [1.165, 1.54) is 5.56 Å². The van der Waals surface area contributed by atoms with Gasteiger partial charge in [-0.05, 0) is 30.0 Å². The average molecular weight is 327 g/mol. The SMILES string of the molecule is CCC(C)c1ccc(OC2=C(C=O)C=CCC2=NNC(N)=O)cc1. The molecule has 0 saturated carbocycles. The number of allylic oxidation sites excluding steroid dienone is 4. The highest BCUT2D eigenvalue weighted by atomic mass is 16.5. The fraction of sp³-hybridized carbons (Fsp3) is 0.278. The molecule has 1 atom stereocenters. The van der Waals surface area contributed by atoms with E-state index in [1.54, 1.807) is 12.2 Å². The number of nitrogens with zero attached hydrogens (tertiary/aromatic N) is 1. The first kappa shape index (κ1) is 17.5. The van der Waals surface area contributed by atoms with Gasteiger partial charge in [-0.3, -0.25) is 4.79 Å². The van der Waals surface area contributed by atoms with Crippen LogP contribution in [0.2, 0.25) is 0 Å². The lowest BCUT2D eigenvalue weighted by molar-refractivity contribution is -0.104. The van der Waals surface area contributed by atoms with Crippen molar-refractivity contribution >= 4 is 18.0 Å². The van der Waals surface area contributed by atoms with Crippen molar-refractivity contribution in [3.63, 3.8) is 0 Å². The van der Waals surface area contributed by atoms with E-state index in [0.717, 1.165) is 6.42 Å². The van der Waals surface area contributed by atoms with Gasteiger partial charge in [0.1, 0.15) is 11.5 Å². The van der Waals surface area contributed by atoms with Crippen molar-refractivity contribution in [1.29, 1.82) is 0 Å². The molecule has 0 spiro atoms. The van der Waals surface area contributed by atoms with Crippen molar-refractivity contribution in [2.24, 2.45) is 10.8 Å². The van der Waals surface area contributed by atoms with E-state index in [4.69, 9.17) is 10.5 Å². The van der Waals surface area contributed by atoms with Crippen molar-refractivity contribution in [2.75, 3.05) is 0 Å². The molecule has 0 heterocycles. The number of hydrogen-bond donors (Lipinski definition) is 2. The number of aldehydes is 1. The van der Waals surface area contributed by atoms with Crippen molar-refractivity contribution in [3.05, 3.63) is 53.3 Å². The number of primary amides is 1. The van der Waals surface area contributed by atoms with E-state index >= 15 is 0 Å². The van der Waals surface area contributed by atoms with Gasteiger partial charge in [0.2, 0.25) is 0 Å². The smallest absolute Gasteiger partial charge is 0.332 e. The number of nitrogens with two attached hydrogens (primary N) is 1. The Kier molecular flexibility index (Phi) is 5.89. The molecule has 0 radical (unpaired) electrons. The third-order valence-electron chi connectivity index (χ3n) is 3.84. The zero-order valence-electron chi connectivity index (χ0n) is 13.8. The van der Waals surface area contributed by atoms with Gasteiger partial charge in [-0.25, -0.2) is 10.2 Å². The van der Waals surface area contributed by atoms with Gasteiger partial charge in [-0.15, -0.1) is 0 Å². The second-order valence-electron chi connectivity index (χ2n) is 5.52. The number of benzene rings is 1. The summed E-state index contributed by atoms with van der Waals surface area (Å²) in [7, 11) is 0. The van der Waals surface area contributed by atoms with E-state index in [2.05, 4.69) is 24.4 Å². The summed E-state index contributed by atoms with van der Waals surface area (Å²) >= 11 is 0. The first-order valence-corrected chi connectivity index (χ1v) is 7.81. The molecule has 1 aromatic rings. The van der Waals surface area contributed by atoms with Crippen LogP contribution < -0.4 is 15.9 Å². The van der Waals surface area contributed by atoms with Gasteiger partial charge >= 0.3 is 6.03 Å².